The summed E-state index contributed by atoms with van der Waals surface area (Å²) in [7, 11) is -1.82. The monoisotopic (exact) mass is 274 g/mol. The van der Waals surface area contributed by atoms with Crippen molar-refractivity contribution in [1.82, 2.24) is 0 Å². The second kappa shape index (κ2) is 6.54. The van der Waals surface area contributed by atoms with Crippen LogP contribution in [0.3, 0.4) is 0 Å². The van der Waals surface area contributed by atoms with Gasteiger partial charge in [0.1, 0.15) is 18.2 Å². The minimum Gasteiger partial charge on any atom is -0.489 e. The Labute approximate surface area is 117 Å². The summed E-state index contributed by atoms with van der Waals surface area (Å²) < 4.78 is 19.0. The van der Waals surface area contributed by atoms with E-state index in [2.05, 4.69) is 0 Å². The molecular weight excluding hydrogens is 258 g/mol. The van der Waals surface area contributed by atoms with Crippen LogP contribution in [0.4, 0.5) is 4.39 Å². The Morgan fingerprint density at radius 3 is 2.60 bits per heavy atom. The van der Waals surface area contributed by atoms with E-state index in [1.54, 1.807) is 6.07 Å². The fourth-order valence-electron chi connectivity index (χ4n) is 1.98. The molecule has 0 fully saturated rings. The smallest absolute Gasteiger partial charge is 0.489 e. The highest BCUT2D eigenvalue weighted by Gasteiger charge is 2.16. The Morgan fingerprint density at radius 2 is 1.90 bits per heavy atom. The summed E-state index contributed by atoms with van der Waals surface area (Å²) >= 11 is 0. The minimum atomic E-state index is -1.82. The maximum absolute atomic E-state index is 13.3. The average molecular weight is 274 g/mol. The first kappa shape index (κ1) is 14.6. The zero-order valence-corrected chi connectivity index (χ0v) is 11.2. The fourth-order valence-corrected chi connectivity index (χ4v) is 1.98. The van der Waals surface area contributed by atoms with Crippen molar-refractivity contribution >= 4 is 12.6 Å². The van der Waals surface area contributed by atoms with Gasteiger partial charge in [-0.1, -0.05) is 37.3 Å². The van der Waals surface area contributed by atoms with Crippen LogP contribution >= 0.6 is 0 Å². The van der Waals surface area contributed by atoms with E-state index in [0.29, 0.717) is 5.56 Å². The molecule has 3 nitrogen and oxygen atoms in total. The molecule has 5 heteroatoms. The summed E-state index contributed by atoms with van der Waals surface area (Å²) in [5, 5.41) is 18.1. The molecule has 0 aliphatic heterocycles. The van der Waals surface area contributed by atoms with Gasteiger partial charge in [0.05, 0.1) is 0 Å². The largest absolute Gasteiger partial charge is 0.491 e. The average Bonchev–Trinajstić information content (AvgIpc) is 2.46. The zero-order chi connectivity index (χ0) is 14.5. The molecule has 0 amide bonds. The molecule has 2 rings (SSSR count). The number of para-hydroxylation sites is 1. The first-order valence-corrected chi connectivity index (χ1v) is 6.47. The van der Waals surface area contributed by atoms with Gasteiger partial charge >= 0.3 is 7.12 Å². The lowest BCUT2D eigenvalue weighted by Crippen LogP contribution is -2.33. The van der Waals surface area contributed by atoms with Gasteiger partial charge in [-0.2, -0.15) is 0 Å². The highest BCUT2D eigenvalue weighted by atomic mass is 19.1. The maximum Gasteiger partial charge on any atom is 0.491 e. The third-order valence-electron chi connectivity index (χ3n) is 3.09. The minimum absolute atomic E-state index is 0.144. The van der Waals surface area contributed by atoms with E-state index in [1.165, 1.54) is 12.1 Å². The van der Waals surface area contributed by atoms with Crippen molar-refractivity contribution in [3.05, 3.63) is 59.4 Å². The number of ether oxygens (including phenoxy) is 1. The van der Waals surface area contributed by atoms with Gasteiger partial charge in [-0.25, -0.2) is 4.39 Å². The van der Waals surface area contributed by atoms with Crippen molar-refractivity contribution in [2.45, 2.75) is 20.0 Å². The predicted octanol–water partition coefficient (Wildman–Crippen LogP) is 1.65. The lowest BCUT2D eigenvalue weighted by Gasteiger charge is -2.11. The van der Waals surface area contributed by atoms with Crippen LogP contribution in [-0.2, 0) is 13.0 Å². The Balaban J connectivity index is 2.13. The SMILES string of the molecule is CCc1ccccc1OCc1ccc(F)c(B(O)O)c1. The first-order valence-electron chi connectivity index (χ1n) is 6.47. The molecule has 104 valence electrons. The van der Waals surface area contributed by atoms with Crippen LogP contribution in [0.1, 0.15) is 18.1 Å². The molecular formula is C15H16BFO3. The normalized spacial score (nSPS) is 10.4. The van der Waals surface area contributed by atoms with E-state index in [-0.39, 0.29) is 12.1 Å². The van der Waals surface area contributed by atoms with Gasteiger partial charge in [0, 0.05) is 5.46 Å². The van der Waals surface area contributed by atoms with Gasteiger partial charge in [-0.15, -0.1) is 0 Å². The Kier molecular flexibility index (Phi) is 4.77. The second-order valence-corrected chi connectivity index (χ2v) is 4.48. The van der Waals surface area contributed by atoms with Crippen molar-refractivity contribution in [3.63, 3.8) is 0 Å². The lowest BCUT2D eigenvalue weighted by molar-refractivity contribution is 0.303. The summed E-state index contributed by atoms with van der Waals surface area (Å²) in [4.78, 5) is 0. The van der Waals surface area contributed by atoms with Gasteiger partial charge in [0.15, 0.2) is 0 Å². The highest BCUT2D eigenvalue weighted by Crippen LogP contribution is 2.19. The molecule has 0 spiro atoms. The van der Waals surface area contributed by atoms with E-state index in [0.717, 1.165) is 17.7 Å². The van der Waals surface area contributed by atoms with Crippen LogP contribution in [0.5, 0.6) is 5.75 Å². The van der Waals surface area contributed by atoms with Gasteiger partial charge < -0.3 is 14.8 Å². The number of hydrogen-bond donors (Lipinski definition) is 2. The molecule has 0 saturated heterocycles. The maximum atomic E-state index is 13.3. The molecule has 0 unspecified atom stereocenters. The third kappa shape index (κ3) is 3.38. The highest BCUT2D eigenvalue weighted by molar-refractivity contribution is 6.58. The summed E-state index contributed by atoms with van der Waals surface area (Å²) in [5.41, 5.74) is 1.63. The van der Waals surface area contributed by atoms with Gasteiger partial charge in [-0.3, -0.25) is 0 Å². The molecule has 0 bridgehead atoms. The molecule has 0 radical (unpaired) electrons. The molecule has 0 aromatic heterocycles. The summed E-state index contributed by atoms with van der Waals surface area (Å²) in [6.07, 6.45) is 0.861. The van der Waals surface area contributed by atoms with Crippen molar-refractivity contribution in [1.29, 1.82) is 0 Å². The molecule has 2 aromatic carbocycles. The Hall–Kier alpha value is -1.85. The number of hydrogen-bond acceptors (Lipinski definition) is 3. The number of benzene rings is 2. The van der Waals surface area contributed by atoms with E-state index in [4.69, 9.17) is 14.8 Å². The van der Waals surface area contributed by atoms with Gasteiger partial charge in [0.2, 0.25) is 0 Å². The molecule has 0 atom stereocenters. The van der Waals surface area contributed by atoms with Crippen molar-refractivity contribution in [2.24, 2.45) is 0 Å². The van der Waals surface area contributed by atoms with Crippen LogP contribution < -0.4 is 10.2 Å². The second-order valence-electron chi connectivity index (χ2n) is 4.48. The molecule has 2 aromatic rings. The predicted molar refractivity (Wildman–Crippen MR) is 76.4 cm³/mol. The molecule has 20 heavy (non-hydrogen) atoms. The number of rotatable bonds is 5. The molecule has 0 aliphatic rings. The van der Waals surface area contributed by atoms with Crippen molar-refractivity contribution in [3.8, 4) is 5.75 Å². The first-order chi connectivity index (χ1) is 9.61. The van der Waals surface area contributed by atoms with Crippen molar-refractivity contribution < 1.29 is 19.2 Å². The Bertz CT molecular complexity index is 587. The molecule has 0 saturated carbocycles. The lowest BCUT2D eigenvalue weighted by atomic mass is 9.79. The van der Waals surface area contributed by atoms with E-state index < -0.39 is 12.9 Å². The topological polar surface area (TPSA) is 49.7 Å². The zero-order valence-electron chi connectivity index (χ0n) is 11.2. The summed E-state index contributed by atoms with van der Waals surface area (Å²) in [5.74, 6) is 0.142. The van der Waals surface area contributed by atoms with Crippen LogP contribution in [0.2, 0.25) is 0 Å². The quantitative estimate of drug-likeness (QED) is 0.815. The van der Waals surface area contributed by atoms with E-state index in [9.17, 15) is 4.39 Å². The third-order valence-corrected chi connectivity index (χ3v) is 3.09. The number of halogens is 1. The van der Waals surface area contributed by atoms with Crippen LogP contribution in [0, 0.1) is 5.82 Å². The Morgan fingerprint density at radius 1 is 1.15 bits per heavy atom. The standard InChI is InChI=1S/C15H16BFO3/c1-2-12-5-3-4-6-15(12)20-10-11-7-8-14(17)13(9-11)16(18)19/h3-9,18-19H,2,10H2,1H3. The summed E-state index contributed by atoms with van der Waals surface area (Å²) in [6, 6.07) is 11.9. The van der Waals surface area contributed by atoms with E-state index >= 15 is 0 Å². The van der Waals surface area contributed by atoms with Gasteiger partial charge in [0.25, 0.3) is 0 Å². The number of aryl methyl sites for hydroxylation is 1. The van der Waals surface area contributed by atoms with Crippen molar-refractivity contribution in [2.75, 3.05) is 0 Å². The molecule has 2 N–H and O–H groups in total. The van der Waals surface area contributed by atoms with Crippen LogP contribution in [-0.4, -0.2) is 17.2 Å². The van der Waals surface area contributed by atoms with E-state index in [1.807, 2.05) is 31.2 Å². The summed E-state index contributed by atoms with van der Waals surface area (Å²) in [6.45, 7) is 2.29. The van der Waals surface area contributed by atoms with Gasteiger partial charge in [-0.05, 0) is 29.7 Å². The van der Waals surface area contributed by atoms with Crippen LogP contribution in [0.15, 0.2) is 42.5 Å². The molecule has 0 heterocycles. The fraction of sp³-hybridized carbons (Fsp3) is 0.200. The van der Waals surface area contributed by atoms with Crippen LogP contribution in [0.25, 0.3) is 0 Å². The molecule has 0 aliphatic carbocycles.